The Hall–Kier alpha value is -2.05. The van der Waals surface area contributed by atoms with Crippen molar-refractivity contribution in [3.05, 3.63) is 48.1 Å². The van der Waals surface area contributed by atoms with Gasteiger partial charge in [-0.15, -0.1) is 0 Å². The smallest absolute Gasteiger partial charge is 0.319 e. The molecule has 2 rings (SSSR count). The number of nitrogens with one attached hydrogen (secondary N) is 1. The van der Waals surface area contributed by atoms with Gasteiger partial charge in [-0.25, -0.2) is 13.8 Å². The van der Waals surface area contributed by atoms with Gasteiger partial charge < -0.3 is 5.32 Å². The molecule has 96 valence electrons. The van der Waals surface area contributed by atoms with E-state index < -0.39 is 18.2 Å². The van der Waals surface area contributed by atoms with Crippen LogP contribution in [0.5, 0.6) is 0 Å². The van der Waals surface area contributed by atoms with Crippen LogP contribution in [0.2, 0.25) is 0 Å². The molecule has 2 aromatic rings. The minimum atomic E-state index is -2.71. The van der Waals surface area contributed by atoms with Crippen molar-refractivity contribution < 1.29 is 17.6 Å². The lowest BCUT2D eigenvalue weighted by atomic mass is 10.3. The molecule has 18 heavy (non-hydrogen) atoms. The van der Waals surface area contributed by atoms with Crippen molar-refractivity contribution in [3.63, 3.8) is 0 Å². The average Bonchev–Trinajstić information content (AvgIpc) is 2.76. The maximum absolute atomic E-state index is 13.3. The topological polar surface area (TPSA) is 29.9 Å². The molecular weight excluding hydrogens is 250 g/mol. The van der Waals surface area contributed by atoms with E-state index in [9.17, 15) is 17.6 Å². The number of nitrogens with zero attached hydrogens (tertiary/aromatic N) is 2. The van der Waals surface area contributed by atoms with Gasteiger partial charge in [0.1, 0.15) is 17.5 Å². The van der Waals surface area contributed by atoms with E-state index in [1.807, 2.05) is 0 Å². The van der Waals surface area contributed by atoms with Crippen LogP contribution < -0.4 is 5.32 Å². The molecular formula is C11H9F4N3. The maximum atomic E-state index is 13.3. The lowest BCUT2D eigenvalue weighted by Gasteiger charge is -2.09. The largest absolute Gasteiger partial charge is 0.375 e. The molecule has 0 saturated heterocycles. The summed E-state index contributed by atoms with van der Waals surface area (Å²) in [6, 6.07) is 2.98. The Morgan fingerprint density at radius 2 is 2.06 bits per heavy atom. The summed E-state index contributed by atoms with van der Waals surface area (Å²) in [4.78, 5) is 3.72. The zero-order valence-corrected chi connectivity index (χ0v) is 9.08. The molecule has 0 radical (unpaired) electrons. The van der Waals surface area contributed by atoms with Gasteiger partial charge in [-0.2, -0.15) is 8.78 Å². The number of hydrogen-bond donors (Lipinski definition) is 1. The first-order valence-electron chi connectivity index (χ1n) is 5.06. The molecule has 0 amide bonds. The summed E-state index contributed by atoms with van der Waals surface area (Å²) in [5.41, 5.74) is 0.0280. The number of anilines is 1. The highest BCUT2D eigenvalue weighted by molar-refractivity contribution is 5.44. The van der Waals surface area contributed by atoms with E-state index in [4.69, 9.17) is 0 Å². The van der Waals surface area contributed by atoms with Crippen LogP contribution in [0.25, 0.3) is 0 Å². The number of benzene rings is 1. The fourth-order valence-electron chi connectivity index (χ4n) is 1.47. The summed E-state index contributed by atoms with van der Waals surface area (Å²) >= 11 is 0. The van der Waals surface area contributed by atoms with Crippen LogP contribution >= 0.6 is 0 Å². The number of imidazole rings is 1. The zero-order valence-electron chi connectivity index (χ0n) is 9.08. The number of rotatable bonds is 4. The minimum Gasteiger partial charge on any atom is -0.375 e. The van der Waals surface area contributed by atoms with Gasteiger partial charge in [0, 0.05) is 18.5 Å². The van der Waals surface area contributed by atoms with E-state index in [2.05, 4.69) is 10.3 Å². The van der Waals surface area contributed by atoms with Crippen LogP contribution in [0, 0.1) is 11.6 Å². The zero-order chi connectivity index (χ0) is 13.1. The van der Waals surface area contributed by atoms with E-state index >= 15 is 0 Å². The number of alkyl halides is 2. The molecule has 0 aliphatic heterocycles. The van der Waals surface area contributed by atoms with Crippen LogP contribution in [0.1, 0.15) is 12.4 Å². The summed E-state index contributed by atoms with van der Waals surface area (Å²) in [7, 11) is 0. The van der Waals surface area contributed by atoms with Crippen molar-refractivity contribution in [2.24, 2.45) is 0 Å². The van der Waals surface area contributed by atoms with Crippen molar-refractivity contribution in [2.45, 2.75) is 13.1 Å². The highest BCUT2D eigenvalue weighted by Gasteiger charge is 2.11. The molecule has 0 spiro atoms. The van der Waals surface area contributed by atoms with E-state index in [1.54, 1.807) is 0 Å². The maximum Gasteiger partial charge on any atom is 0.319 e. The Morgan fingerprint density at radius 3 is 2.72 bits per heavy atom. The second kappa shape index (κ2) is 5.07. The molecule has 1 aromatic heterocycles. The van der Waals surface area contributed by atoms with Crippen LogP contribution in [-0.2, 0) is 6.54 Å². The van der Waals surface area contributed by atoms with Gasteiger partial charge in [0.15, 0.2) is 0 Å². The first kappa shape index (κ1) is 12.4. The highest BCUT2D eigenvalue weighted by atomic mass is 19.3. The molecule has 0 aliphatic carbocycles. The Bertz CT molecular complexity index is 539. The summed E-state index contributed by atoms with van der Waals surface area (Å²) in [5, 5.41) is 2.58. The van der Waals surface area contributed by atoms with Gasteiger partial charge in [0.05, 0.1) is 12.2 Å². The van der Waals surface area contributed by atoms with Gasteiger partial charge in [-0.05, 0) is 12.1 Å². The lowest BCUT2D eigenvalue weighted by Crippen LogP contribution is -2.09. The molecule has 0 saturated carbocycles. The van der Waals surface area contributed by atoms with Crippen molar-refractivity contribution in [2.75, 3.05) is 5.32 Å². The number of aromatic nitrogens is 2. The summed E-state index contributed by atoms with van der Waals surface area (Å²) < 4.78 is 51.5. The fourth-order valence-corrected chi connectivity index (χ4v) is 1.47. The second-order valence-electron chi connectivity index (χ2n) is 3.51. The predicted molar refractivity (Wildman–Crippen MR) is 57.2 cm³/mol. The van der Waals surface area contributed by atoms with E-state index in [1.165, 1.54) is 12.3 Å². The molecule has 3 nitrogen and oxygen atoms in total. The third-order valence-electron chi connectivity index (χ3n) is 2.33. The van der Waals surface area contributed by atoms with Gasteiger partial charge >= 0.3 is 6.55 Å². The Balaban J connectivity index is 2.09. The lowest BCUT2D eigenvalue weighted by molar-refractivity contribution is 0.0673. The van der Waals surface area contributed by atoms with Gasteiger partial charge in [-0.1, -0.05) is 0 Å². The van der Waals surface area contributed by atoms with Gasteiger partial charge in [-0.3, -0.25) is 4.57 Å². The van der Waals surface area contributed by atoms with E-state index in [0.29, 0.717) is 10.6 Å². The normalized spacial score (nSPS) is 10.9. The Labute approximate surface area is 100 Å². The van der Waals surface area contributed by atoms with Crippen LogP contribution in [0.3, 0.4) is 0 Å². The van der Waals surface area contributed by atoms with E-state index in [-0.39, 0.29) is 18.1 Å². The van der Waals surface area contributed by atoms with Crippen molar-refractivity contribution >= 4 is 5.69 Å². The molecule has 0 atom stereocenters. The third kappa shape index (κ3) is 2.61. The van der Waals surface area contributed by atoms with Crippen molar-refractivity contribution in [1.82, 2.24) is 9.55 Å². The summed E-state index contributed by atoms with van der Waals surface area (Å²) in [6.07, 6.45) is 2.35. The Morgan fingerprint density at radius 1 is 1.28 bits per heavy atom. The molecule has 0 fully saturated rings. The van der Waals surface area contributed by atoms with Crippen molar-refractivity contribution in [1.29, 1.82) is 0 Å². The molecule has 0 unspecified atom stereocenters. The molecule has 1 heterocycles. The van der Waals surface area contributed by atoms with E-state index in [0.717, 1.165) is 12.3 Å². The van der Waals surface area contributed by atoms with Crippen molar-refractivity contribution in [3.8, 4) is 0 Å². The molecule has 7 heteroatoms. The SMILES string of the molecule is Fc1ccc(NCc2nccn2C(F)F)c(F)c1. The summed E-state index contributed by atoms with van der Waals surface area (Å²) in [5.74, 6) is -1.42. The fraction of sp³-hybridized carbons (Fsp3) is 0.182. The molecule has 1 aromatic carbocycles. The number of halogens is 4. The molecule has 0 aliphatic rings. The first-order valence-corrected chi connectivity index (χ1v) is 5.06. The predicted octanol–water partition coefficient (Wildman–Crippen LogP) is 3.17. The van der Waals surface area contributed by atoms with Crippen LogP contribution in [0.15, 0.2) is 30.6 Å². The highest BCUT2D eigenvalue weighted by Crippen LogP contribution is 2.17. The third-order valence-corrected chi connectivity index (χ3v) is 2.33. The average molecular weight is 259 g/mol. The van der Waals surface area contributed by atoms with Crippen LogP contribution in [-0.4, -0.2) is 9.55 Å². The molecule has 0 bridgehead atoms. The van der Waals surface area contributed by atoms with Gasteiger partial charge in [0.25, 0.3) is 0 Å². The second-order valence-corrected chi connectivity index (χ2v) is 3.51. The number of hydrogen-bond acceptors (Lipinski definition) is 2. The standard InChI is InChI=1S/C11H9F4N3/c12-7-1-2-9(8(13)5-7)17-6-10-16-3-4-18(10)11(14)15/h1-5,11,17H,6H2. The van der Waals surface area contributed by atoms with Gasteiger partial charge in [0.2, 0.25) is 0 Å². The van der Waals surface area contributed by atoms with Crippen LogP contribution in [0.4, 0.5) is 23.2 Å². The monoisotopic (exact) mass is 259 g/mol. The first-order chi connectivity index (χ1) is 8.58. The quantitative estimate of drug-likeness (QED) is 0.855. The summed E-state index contributed by atoms with van der Waals surface area (Å²) in [6.45, 7) is -2.79. The Kier molecular flexibility index (Phi) is 3.50. The molecule has 1 N–H and O–H groups in total. The minimum absolute atomic E-state index is 0.0280.